The van der Waals surface area contributed by atoms with Gasteiger partial charge in [0.15, 0.2) is 0 Å². The van der Waals surface area contributed by atoms with E-state index in [1.54, 1.807) is 34.2 Å². The van der Waals surface area contributed by atoms with Crippen LogP contribution in [0.5, 0.6) is 0 Å². The van der Waals surface area contributed by atoms with Gasteiger partial charge in [-0.3, -0.25) is 19.3 Å². The van der Waals surface area contributed by atoms with E-state index < -0.39 is 11.9 Å². The highest BCUT2D eigenvalue weighted by atomic mass is 16.4. The quantitative estimate of drug-likeness (QED) is 0.894. The minimum Gasteiger partial charge on any atom is -0.481 e. The van der Waals surface area contributed by atoms with Crippen molar-refractivity contribution in [2.24, 2.45) is 5.92 Å². The fourth-order valence-corrected chi connectivity index (χ4v) is 3.15. The van der Waals surface area contributed by atoms with Crippen molar-refractivity contribution in [3.63, 3.8) is 0 Å². The summed E-state index contributed by atoms with van der Waals surface area (Å²) in [5, 5.41) is 13.6. The largest absolute Gasteiger partial charge is 0.481 e. The van der Waals surface area contributed by atoms with Crippen LogP contribution in [0, 0.1) is 12.8 Å². The molecule has 7 nitrogen and oxygen atoms in total. The Kier molecular flexibility index (Phi) is 4.59. The summed E-state index contributed by atoms with van der Waals surface area (Å²) in [6.45, 7) is 3.10. The number of carboxylic acids is 1. The number of rotatable bonds is 5. The SMILES string of the molecule is Cc1cnn(CCC(=O)N2C[C@@H](C(=O)O)[C@H](c3cccnc3)C2)c1. The summed E-state index contributed by atoms with van der Waals surface area (Å²) in [6.07, 6.45) is 7.28. The predicted octanol–water partition coefficient (Wildman–Crippen LogP) is 1.30. The summed E-state index contributed by atoms with van der Waals surface area (Å²) in [4.78, 5) is 29.7. The fourth-order valence-electron chi connectivity index (χ4n) is 3.15. The average molecular weight is 328 g/mol. The van der Waals surface area contributed by atoms with E-state index in [0.717, 1.165) is 11.1 Å². The number of aryl methyl sites for hydroxylation is 2. The fraction of sp³-hybridized carbons (Fsp3) is 0.412. The molecule has 1 fully saturated rings. The van der Waals surface area contributed by atoms with Gasteiger partial charge in [-0.2, -0.15) is 5.10 Å². The second-order valence-corrected chi connectivity index (χ2v) is 6.17. The smallest absolute Gasteiger partial charge is 0.308 e. The van der Waals surface area contributed by atoms with E-state index in [-0.39, 0.29) is 18.4 Å². The number of amides is 1. The number of likely N-dealkylation sites (tertiary alicyclic amines) is 1. The molecule has 0 spiro atoms. The first-order valence-electron chi connectivity index (χ1n) is 7.94. The van der Waals surface area contributed by atoms with Crippen molar-refractivity contribution in [1.29, 1.82) is 0 Å². The van der Waals surface area contributed by atoms with Gasteiger partial charge in [0.25, 0.3) is 0 Å². The van der Waals surface area contributed by atoms with Gasteiger partial charge in [-0.15, -0.1) is 0 Å². The first-order valence-corrected chi connectivity index (χ1v) is 7.94. The van der Waals surface area contributed by atoms with E-state index in [2.05, 4.69) is 10.1 Å². The highest BCUT2D eigenvalue weighted by molar-refractivity contribution is 5.79. The number of hydrogen-bond acceptors (Lipinski definition) is 4. The van der Waals surface area contributed by atoms with Crippen LogP contribution in [0.25, 0.3) is 0 Å². The maximum absolute atomic E-state index is 12.4. The van der Waals surface area contributed by atoms with Gasteiger partial charge in [-0.05, 0) is 24.1 Å². The molecule has 2 atom stereocenters. The lowest BCUT2D eigenvalue weighted by atomic mass is 9.90. The van der Waals surface area contributed by atoms with Crippen molar-refractivity contribution in [3.05, 3.63) is 48.0 Å². The van der Waals surface area contributed by atoms with E-state index in [9.17, 15) is 14.7 Å². The molecule has 1 N–H and O–H groups in total. The lowest BCUT2D eigenvalue weighted by Gasteiger charge is -2.16. The van der Waals surface area contributed by atoms with Crippen LogP contribution in [-0.2, 0) is 16.1 Å². The van der Waals surface area contributed by atoms with E-state index in [1.807, 2.05) is 19.2 Å². The van der Waals surface area contributed by atoms with Crippen molar-refractivity contribution in [1.82, 2.24) is 19.7 Å². The molecule has 0 radical (unpaired) electrons. The maximum atomic E-state index is 12.4. The molecule has 1 aliphatic heterocycles. The Labute approximate surface area is 139 Å². The molecule has 1 amide bonds. The van der Waals surface area contributed by atoms with Crippen molar-refractivity contribution < 1.29 is 14.7 Å². The zero-order valence-corrected chi connectivity index (χ0v) is 13.5. The number of carbonyl (C=O) groups excluding carboxylic acids is 1. The second-order valence-electron chi connectivity index (χ2n) is 6.17. The van der Waals surface area contributed by atoms with Gasteiger partial charge in [0, 0.05) is 50.6 Å². The molecule has 0 aliphatic carbocycles. The molecular formula is C17H20N4O3. The normalized spacial score (nSPS) is 20.3. The van der Waals surface area contributed by atoms with Crippen LogP contribution < -0.4 is 0 Å². The summed E-state index contributed by atoms with van der Waals surface area (Å²) < 4.78 is 1.73. The molecule has 126 valence electrons. The van der Waals surface area contributed by atoms with Gasteiger partial charge >= 0.3 is 5.97 Å². The van der Waals surface area contributed by atoms with Gasteiger partial charge in [0.1, 0.15) is 0 Å². The Balaban J connectivity index is 1.66. The standard InChI is InChI=1S/C17H20N4O3/c1-12-7-19-21(9-12)6-4-16(22)20-10-14(15(11-20)17(23)24)13-3-2-5-18-8-13/h2-3,5,7-9,14-15H,4,6,10-11H2,1H3,(H,23,24)/t14-,15+/m0/s1. The molecular weight excluding hydrogens is 308 g/mol. The number of hydrogen-bond donors (Lipinski definition) is 1. The molecule has 2 aromatic rings. The summed E-state index contributed by atoms with van der Waals surface area (Å²) >= 11 is 0. The third-order valence-electron chi connectivity index (χ3n) is 4.42. The molecule has 2 aromatic heterocycles. The molecule has 24 heavy (non-hydrogen) atoms. The minimum atomic E-state index is -0.873. The van der Waals surface area contributed by atoms with E-state index in [4.69, 9.17) is 0 Å². The lowest BCUT2D eigenvalue weighted by Crippen LogP contribution is -2.30. The first-order chi connectivity index (χ1) is 11.5. The molecule has 3 heterocycles. The Bertz CT molecular complexity index is 728. The van der Waals surface area contributed by atoms with E-state index in [1.165, 1.54) is 0 Å². The van der Waals surface area contributed by atoms with Crippen LogP contribution in [-0.4, -0.2) is 49.7 Å². The summed E-state index contributed by atoms with van der Waals surface area (Å²) in [7, 11) is 0. The Morgan fingerprint density at radius 3 is 2.79 bits per heavy atom. The van der Waals surface area contributed by atoms with Crippen LogP contribution >= 0.6 is 0 Å². The predicted molar refractivity (Wildman–Crippen MR) is 86.3 cm³/mol. The lowest BCUT2D eigenvalue weighted by molar-refractivity contribution is -0.141. The monoisotopic (exact) mass is 328 g/mol. The molecule has 0 aromatic carbocycles. The summed E-state index contributed by atoms with van der Waals surface area (Å²) in [5.41, 5.74) is 1.91. The summed E-state index contributed by atoms with van der Waals surface area (Å²) in [5.74, 6) is -1.72. The average Bonchev–Trinajstić information content (AvgIpc) is 3.20. The number of aromatic nitrogens is 3. The summed E-state index contributed by atoms with van der Waals surface area (Å²) in [6, 6.07) is 3.66. The van der Waals surface area contributed by atoms with Gasteiger partial charge in [0.05, 0.1) is 12.1 Å². The molecule has 3 rings (SSSR count). The number of aliphatic carboxylic acids is 1. The molecule has 1 aliphatic rings. The molecule has 7 heteroatoms. The van der Waals surface area contributed by atoms with E-state index >= 15 is 0 Å². The highest BCUT2D eigenvalue weighted by Gasteiger charge is 2.40. The Morgan fingerprint density at radius 2 is 2.17 bits per heavy atom. The first kappa shape index (κ1) is 16.2. The number of nitrogens with zero attached hydrogens (tertiary/aromatic N) is 4. The number of pyridine rings is 1. The van der Waals surface area contributed by atoms with Crippen LogP contribution in [0.15, 0.2) is 36.9 Å². The Hall–Kier alpha value is -2.70. The minimum absolute atomic E-state index is 0.0409. The second kappa shape index (κ2) is 6.82. The molecule has 0 unspecified atom stereocenters. The van der Waals surface area contributed by atoms with Gasteiger partial charge < -0.3 is 10.0 Å². The van der Waals surface area contributed by atoms with Crippen molar-refractivity contribution in [2.45, 2.75) is 25.8 Å². The zero-order valence-electron chi connectivity index (χ0n) is 13.5. The van der Waals surface area contributed by atoms with Crippen molar-refractivity contribution in [2.75, 3.05) is 13.1 Å². The van der Waals surface area contributed by atoms with Crippen molar-refractivity contribution in [3.8, 4) is 0 Å². The molecule has 0 saturated carbocycles. The maximum Gasteiger partial charge on any atom is 0.308 e. The van der Waals surface area contributed by atoms with Gasteiger partial charge in [0.2, 0.25) is 5.91 Å². The van der Waals surface area contributed by atoms with Crippen LogP contribution in [0.1, 0.15) is 23.5 Å². The van der Waals surface area contributed by atoms with E-state index in [0.29, 0.717) is 19.5 Å². The number of carboxylic acid groups (broad SMARTS) is 1. The van der Waals surface area contributed by atoms with Gasteiger partial charge in [-0.25, -0.2) is 0 Å². The third-order valence-corrected chi connectivity index (χ3v) is 4.42. The van der Waals surface area contributed by atoms with Crippen LogP contribution in [0.2, 0.25) is 0 Å². The van der Waals surface area contributed by atoms with Crippen LogP contribution in [0.4, 0.5) is 0 Å². The van der Waals surface area contributed by atoms with Crippen LogP contribution in [0.3, 0.4) is 0 Å². The van der Waals surface area contributed by atoms with Gasteiger partial charge in [-0.1, -0.05) is 6.07 Å². The van der Waals surface area contributed by atoms with Crippen molar-refractivity contribution >= 4 is 11.9 Å². The highest BCUT2D eigenvalue weighted by Crippen LogP contribution is 2.32. The Morgan fingerprint density at radius 1 is 1.33 bits per heavy atom. The molecule has 0 bridgehead atoms. The molecule has 1 saturated heterocycles. The zero-order chi connectivity index (χ0) is 17.1. The topological polar surface area (TPSA) is 88.3 Å². The number of carbonyl (C=O) groups is 2. The third kappa shape index (κ3) is 3.45.